The molecule has 5 nitrogen and oxygen atoms in total. The van der Waals surface area contributed by atoms with Crippen molar-refractivity contribution in [2.45, 2.75) is 96.6 Å². The highest BCUT2D eigenvalue weighted by Gasteiger charge is 2.50. The summed E-state index contributed by atoms with van der Waals surface area (Å²) in [6.45, 7) is 10.2. The van der Waals surface area contributed by atoms with E-state index in [0.29, 0.717) is 24.0 Å². The molecule has 0 spiro atoms. The van der Waals surface area contributed by atoms with Crippen LogP contribution >= 0.6 is 11.6 Å². The van der Waals surface area contributed by atoms with Crippen molar-refractivity contribution in [1.29, 1.82) is 0 Å². The maximum absolute atomic E-state index is 12.8. The lowest BCUT2D eigenvalue weighted by Crippen LogP contribution is -2.49. The maximum atomic E-state index is 12.8. The fourth-order valence-electron chi connectivity index (χ4n) is 5.34. The smallest absolute Gasteiger partial charge is 0.410 e. The number of hydrogen-bond donors (Lipinski definition) is 0. The Balaban J connectivity index is 1.48. The second-order valence-corrected chi connectivity index (χ2v) is 11.3. The number of carbonyl (C=O) groups is 1. The van der Waals surface area contributed by atoms with Gasteiger partial charge in [-0.15, -0.1) is 0 Å². The van der Waals surface area contributed by atoms with E-state index in [9.17, 15) is 4.79 Å². The number of likely N-dealkylation sites (tertiary alicyclic amines) is 1. The van der Waals surface area contributed by atoms with Crippen molar-refractivity contribution >= 4 is 17.7 Å². The first kappa shape index (κ1) is 22.4. The Labute approximate surface area is 186 Å². The minimum Gasteiger partial charge on any atom is -0.444 e. The standard InChI is InChI=1S/C24H38ClNO4/c1-5-17(25)14-24(8-9-24)13-16-15-26(22(27)30-23(2,3)4)10-6-18(16)20-12-21-19(29-21)7-11-28-20/h14,16,18-21H,5-13,15H2,1-4H3/b17-14-. The van der Waals surface area contributed by atoms with Crippen molar-refractivity contribution in [1.82, 2.24) is 4.90 Å². The maximum Gasteiger partial charge on any atom is 0.410 e. The zero-order chi connectivity index (χ0) is 21.5. The van der Waals surface area contributed by atoms with Gasteiger partial charge in [0.2, 0.25) is 0 Å². The van der Waals surface area contributed by atoms with E-state index in [-0.39, 0.29) is 17.6 Å². The Morgan fingerprint density at radius 1 is 1.23 bits per heavy atom. The molecule has 5 atom stereocenters. The van der Waals surface area contributed by atoms with Gasteiger partial charge >= 0.3 is 6.09 Å². The van der Waals surface area contributed by atoms with Crippen LogP contribution in [0.2, 0.25) is 0 Å². The SMILES string of the molecule is CC/C(Cl)=C/C1(CC2CN(C(=O)OC(C)(C)C)CCC2C2CC3OC3CCO2)CC1. The summed E-state index contributed by atoms with van der Waals surface area (Å²) >= 11 is 6.43. The second kappa shape index (κ2) is 8.63. The third-order valence-electron chi connectivity index (χ3n) is 7.17. The van der Waals surface area contributed by atoms with E-state index in [2.05, 4.69) is 13.0 Å². The van der Waals surface area contributed by atoms with Crippen LogP contribution in [0.3, 0.4) is 0 Å². The number of nitrogens with zero attached hydrogens (tertiary/aromatic N) is 1. The lowest BCUT2D eigenvalue weighted by molar-refractivity contribution is -0.0509. The normalized spacial score (nSPS) is 36.0. The molecule has 1 aliphatic carbocycles. The summed E-state index contributed by atoms with van der Waals surface area (Å²) in [6.07, 6.45) is 10.5. The first-order valence-electron chi connectivity index (χ1n) is 11.8. The zero-order valence-corrected chi connectivity index (χ0v) is 19.7. The Hall–Kier alpha value is -0.780. The van der Waals surface area contributed by atoms with E-state index in [4.69, 9.17) is 25.8 Å². The number of ether oxygens (including phenoxy) is 3. The topological polar surface area (TPSA) is 51.3 Å². The Morgan fingerprint density at radius 3 is 2.67 bits per heavy atom. The average molecular weight is 440 g/mol. The zero-order valence-electron chi connectivity index (χ0n) is 19.0. The van der Waals surface area contributed by atoms with Gasteiger partial charge in [0.15, 0.2) is 0 Å². The molecule has 4 rings (SSSR count). The quantitative estimate of drug-likeness (QED) is 0.530. The van der Waals surface area contributed by atoms with Crippen molar-refractivity contribution in [2.75, 3.05) is 19.7 Å². The van der Waals surface area contributed by atoms with E-state index >= 15 is 0 Å². The highest BCUT2D eigenvalue weighted by atomic mass is 35.5. The molecule has 3 aliphatic heterocycles. The van der Waals surface area contributed by atoms with Crippen molar-refractivity contribution in [3.63, 3.8) is 0 Å². The molecule has 6 heteroatoms. The Bertz CT molecular complexity index is 669. The highest BCUT2D eigenvalue weighted by Crippen LogP contribution is 2.55. The van der Waals surface area contributed by atoms with Gasteiger partial charge in [0.05, 0.1) is 18.3 Å². The molecule has 30 heavy (non-hydrogen) atoms. The third kappa shape index (κ3) is 5.52. The molecule has 4 aliphatic rings. The monoisotopic (exact) mass is 439 g/mol. The highest BCUT2D eigenvalue weighted by molar-refractivity contribution is 6.29. The Kier molecular flexibility index (Phi) is 6.45. The summed E-state index contributed by atoms with van der Waals surface area (Å²) in [5, 5.41) is 0.962. The molecule has 0 radical (unpaired) electrons. The van der Waals surface area contributed by atoms with Crippen LogP contribution in [0.25, 0.3) is 0 Å². The minimum atomic E-state index is -0.471. The van der Waals surface area contributed by atoms with E-state index in [1.54, 1.807) is 0 Å². The lowest BCUT2D eigenvalue weighted by atomic mass is 9.74. The summed E-state index contributed by atoms with van der Waals surface area (Å²) in [5.41, 5.74) is -0.266. The molecule has 4 fully saturated rings. The summed E-state index contributed by atoms with van der Waals surface area (Å²) in [5.74, 6) is 0.851. The number of allylic oxidation sites excluding steroid dienone is 2. The molecule has 170 valence electrons. The van der Waals surface area contributed by atoms with Crippen molar-refractivity contribution in [2.24, 2.45) is 17.3 Å². The number of hydrogen-bond acceptors (Lipinski definition) is 4. The van der Waals surface area contributed by atoms with E-state index in [1.807, 2.05) is 25.7 Å². The number of piperidine rings is 1. The molecule has 0 aromatic carbocycles. The molecular formula is C24H38ClNO4. The predicted molar refractivity (Wildman–Crippen MR) is 118 cm³/mol. The molecule has 3 saturated heterocycles. The molecule has 3 heterocycles. The molecule has 0 aromatic rings. The van der Waals surface area contributed by atoms with Gasteiger partial charge in [0.25, 0.3) is 0 Å². The molecule has 1 saturated carbocycles. The van der Waals surface area contributed by atoms with Crippen molar-refractivity contribution in [3.05, 3.63) is 11.1 Å². The first-order valence-corrected chi connectivity index (χ1v) is 12.2. The van der Waals surface area contributed by atoms with Crippen LogP contribution < -0.4 is 0 Å². The van der Waals surface area contributed by atoms with Crippen LogP contribution in [-0.4, -0.2) is 54.6 Å². The molecule has 0 bridgehead atoms. The number of epoxide rings is 1. The fraction of sp³-hybridized carbons (Fsp3) is 0.875. The molecule has 0 N–H and O–H groups in total. The number of amides is 1. The van der Waals surface area contributed by atoms with Crippen molar-refractivity contribution in [3.8, 4) is 0 Å². The van der Waals surface area contributed by atoms with Gasteiger partial charge in [0, 0.05) is 31.1 Å². The average Bonchev–Trinajstić information content (AvgIpc) is 3.56. The van der Waals surface area contributed by atoms with E-state index in [1.165, 1.54) is 12.8 Å². The van der Waals surface area contributed by atoms with Gasteiger partial charge in [-0.1, -0.05) is 24.6 Å². The van der Waals surface area contributed by atoms with Crippen LogP contribution in [0.15, 0.2) is 11.1 Å². The molecule has 1 amide bonds. The molecular weight excluding hydrogens is 402 g/mol. The number of rotatable bonds is 5. The minimum absolute atomic E-state index is 0.190. The van der Waals surface area contributed by atoms with Gasteiger partial charge in [-0.3, -0.25) is 0 Å². The number of halogens is 1. The second-order valence-electron chi connectivity index (χ2n) is 10.8. The van der Waals surface area contributed by atoms with Crippen LogP contribution in [-0.2, 0) is 14.2 Å². The molecule has 5 unspecified atom stereocenters. The van der Waals surface area contributed by atoms with Gasteiger partial charge < -0.3 is 19.1 Å². The fourth-order valence-corrected chi connectivity index (χ4v) is 5.58. The lowest BCUT2D eigenvalue weighted by Gasteiger charge is -2.43. The van der Waals surface area contributed by atoms with Crippen molar-refractivity contribution < 1.29 is 19.0 Å². The summed E-state index contributed by atoms with van der Waals surface area (Å²) in [6, 6.07) is 0. The van der Waals surface area contributed by atoms with E-state index < -0.39 is 5.60 Å². The molecule has 0 aromatic heterocycles. The Morgan fingerprint density at radius 2 is 2.00 bits per heavy atom. The van der Waals surface area contributed by atoms with Gasteiger partial charge in [-0.2, -0.15) is 0 Å². The number of carbonyl (C=O) groups excluding carboxylic acids is 1. The summed E-state index contributed by atoms with van der Waals surface area (Å²) in [4.78, 5) is 14.7. The van der Waals surface area contributed by atoms with Crippen LogP contribution in [0.5, 0.6) is 0 Å². The summed E-state index contributed by atoms with van der Waals surface area (Å²) < 4.78 is 17.8. The van der Waals surface area contributed by atoms with E-state index in [0.717, 1.165) is 56.8 Å². The third-order valence-corrected chi connectivity index (χ3v) is 7.55. The summed E-state index contributed by atoms with van der Waals surface area (Å²) in [7, 11) is 0. The van der Waals surface area contributed by atoms with Crippen LogP contribution in [0, 0.1) is 17.3 Å². The largest absolute Gasteiger partial charge is 0.444 e. The van der Waals surface area contributed by atoms with Crippen LogP contribution in [0.1, 0.15) is 72.6 Å². The van der Waals surface area contributed by atoms with Crippen LogP contribution in [0.4, 0.5) is 4.79 Å². The van der Waals surface area contributed by atoms with Gasteiger partial charge in [-0.05, 0) is 76.5 Å². The number of fused-ring (bicyclic) bond motifs is 1. The predicted octanol–water partition coefficient (Wildman–Crippen LogP) is 5.51. The van der Waals surface area contributed by atoms with Gasteiger partial charge in [-0.25, -0.2) is 4.79 Å². The van der Waals surface area contributed by atoms with Gasteiger partial charge in [0.1, 0.15) is 5.60 Å². The first-order chi connectivity index (χ1) is 14.2.